The van der Waals surface area contributed by atoms with Crippen LogP contribution in [0.3, 0.4) is 0 Å². The molecule has 4 aromatic rings. The van der Waals surface area contributed by atoms with E-state index in [2.05, 4.69) is 0 Å². The summed E-state index contributed by atoms with van der Waals surface area (Å²) in [6.07, 6.45) is 0.522. The average molecular weight is 498 g/mol. The second-order valence-corrected chi connectivity index (χ2v) is 9.81. The summed E-state index contributed by atoms with van der Waals surface area (Å²) >= 11 is 7.59. The molecule has 34 heavy (non-hydrogen) atoms. The van der Waals surface area contributed by atoms with Gasteiger partial charge in [0.25, 0.3) is 5.56 Å². The number of nitrogens with zero attached hydrogens (tertiary/aromatic N) is 3. The Hall–Kier alpha value is -3.23. The van der Waals surface area contributed by atoms with Gasteiger partial charge in [0.05, 0.1) is 25.0 Å². The molecular weight excluding hydrogens is 477 g/mol. The zero-order chi connectivity index (χ0) is 24.0. The van der Waals surface area contributed by atoms with Crippen molar-refractivity contribution in [2.75, 3.05) is 6.54 Å². The summed E-state index contributed by atoms with van der Waals surface area (Å²) in [4.78, 5) is 42.3. The summed E-state index contributed by atoms with van der Waals surface area (Å²) < 4.78 is 17.3. The van der Waals surface area contributed by atoms with Crippen LogP contribution in [0.4, 0.5) is 4.39 Å². The lowest BCUT2D eigenvalue weighted by molar-refractivity contribution is -0.129. The Kier molecular flexibility index (Phi) is 5.87. The van der Waals surface area contributed by atoms with Crippen molar-refractivity contribution in [3.05, 3.63) is 102 Å². The molecule has 0 N–H and O–H groups in total. The third kappa shape index (κ3) is 3.86. The maximum atomic E-state index is 14.7. The van der Waals surface area contributed by atoms with E-state index in [1.807, 2.05) is 30.3 Å². The SMILES string of the molecule is CC(=O)N1CCc2c(sc3c2c(=O)n(Cc2ccccc2)c(=O)n3Cc2c(F)cccc2Cl)C1. The van der Waals surface area contributed by atoms with E-state index in [9.17, 15) is 18.8 Å². The molecule has 0 aliphatic carbocycles. The van der Waals surface area contributed by atoms with Gasteiger partial charge in [0, 0.05) is 28.9 Å². The Morgan fingerprint density at radius 2 is 1.82 bits per heavy atom. The largest absolute Gasteiger partial charge is 0.337 e. The Morgan fingerprint density at radius 1 is 1.06 bits per heavy atom. The molecule has 0 radical (unpaired) electrons. The van der Waals surface area contributed by atoms with Crippen molar-refractivity contribution in [3.8, 4) is 0 Å². The molecule has 0 bridgehead atoms. The third-order valence-electron chi connectivity index (χ3n) is 6.21. The minimum atomic E-state index is -0.525. The number of hydrogen-bond acceptors (Lipinski definition) is 4. The van der Waals surface area contributed by atoms with E-state index in [-0.39, 0.29) is 35.1 Å². The van der Waals surface area contributed by atoms with E-state index >= 15 is 0 Å². The molecule has 0 saturated carbocycles. The van der Waals surface area contributed by atoms with Crippen molar-refractivity contribution < 1.29 is 9.18 Å². The quantitative estimate of drug-likeness (QED) is 0.428. The molecule has 2 aromatic carbocycles. The highest BCUT2D eigenvalue weighted by atomic mass is 35.5. The monoisotopic (exact) mass is 497 g/mol. The first-order valence-corrected chi connectivity index (χ1v) is 12.0. The van der Waals surface area contributed by atoms with Crippen LogP contribution in [0.5, 0.6) is 0 Å². The van der Waals surface area contributed by atoms with E-state index in [0.29, 0.717) is 29.7 Å². The third-order valence-corrected chi connectivity index (χ3v) is 7.80. The second kappa shape index (κ2) is 8.85. The number of halogens is 2. The Balaban J connectivity index is 1.76. The predicted octanol–water partition coefficient (Wildman–Crippen LogP) is 4.02. The van der Waals surface area contributed by atoms with Gasteiger partial charge in [-0.05, 0) is 29.7 Å². The summed E-state index contributed by atoms with van der Waals surface area (Å²) in [6, 6.07) is 13.6. The van der Waals surface area contributed by atoms with Gasteiger partial charge < -0.3 is 4.90 Å². The van der Waals surface area contributed by atoms with Crippen molar-refractivity contribution in [2.24, 2.45) is 0 Å². The fourth-order valence-corrected chi connectivity index (χ4v) is 5.98. The molecule has 1 aliphatic rings. The summed E-state index contributed by atoms with van der Waals surface area (Å²) in [6.45, 7) is 2.40. The molecule has 0 saturated heterocycles. The highest BCUT2D eigenvalue weighted by molar-refractivity contribution is 7.18. The van der Waals surface area contributed by atoms with Crippen LogP contribution in [0.25, 0.3) is 10.2 Å². The van der Waals surface area contributed by atoms with Crippen LogP contribution in [-0.2, 0) is 30.8 Å². The Bertz CT molecular complexity index is 1520. The number of hydrogen-bond donors (Lipinski definition) is 0. The van der Waals surface area contributed by atoms with Gasteiger partial charge in [0.2, 0.25) is 5.91 Å². The first-order chi connectivity index (χ1) is 16.3. The normalized spacial score (nSPS) is 13.3. The molecule has 6 nitrogen and oxygen atoms in total. The number of aromatic nitrogens is 2. The summed E-state index contributed by atoms with van der Waals surface area (Å²) in [5.41, 5.74) is 0.964. The average Bonchev–Trinajstić information content (AvgIpc) is 3.20. The van der Waals surface area contributed by atoms with E-state index < -0.39 is 11.5 Å². The van der Waals surface area contributed by atoms with Crippen LogP contribution in [0.15, 0.2) is 58.1 Å². The van der Waals surface area contributed by atoms with Gasteiger partial charge in [-0.3, -0.25) is 18.7 Å². The van der Waals surface area contributed by atoms with Gasteiger partial charge in [0.1, 0.15) is 10.6 Å². The van der Waals surface area contributed by atoms with Crippen molar-refractivity contribution in [1.29, 1.82) is 0 Å². The zero-order valence-corrected chi connectivity index (χ0v) is 20.0. The highest BCUT2D eigenvalue weighted by Gasteiger charge is 2.27. The van der Waals surface area contributed by atoms with Crippen LogP contribution in [-0.4, -0.2) is 26.5 Å². The number of carbonyl (C=O) groups is 1. The van der Waals surface area contributed by atoms with E-state index in [1.165, 1.54) is 39.5 Å². The highest BCUT2D eigenvalue weighted by Crippen LogP contribution is 2.34. The molecule has 2 aromatic heterocycles. The molecule has 1 amide bonds. The van der Waals surface area contributed by atoms with Crippen LogP contribution in [0, 0.1) is 5.82 Å². The molecule has 0 unspecified atom stereocenters. The maximum absolute atomic E-state index is 14.7. The van der Waals surface area contributed by atoms with Crippen LogP contribution in [0.1, 0.15) is 28.5 Å². The summed E-state index contributed by atoms with van der Waals surface area (Å²) in [5.74, 6) is -0.558. The smallest absolute Gasteiger partial charge is 0.332 e. The number of fused-ring (bicyclic) bond motifs is 3. The van der Waals surface area contributed by atoms with Gasteiger partial charge in [-0.2, -0.15) is 0 Å². The fourth-order valence-electron chi connectivity index (χ4n) is 4.41. The number of amides is 1. The fraction of sp³-hybridized carbons (Fsp3) is 0.240. The molecule has 9 heteroatoms. The number of thiophene rings is 1. The zero-order valence-electron chi connectivity index (χ0n) is 18.4. The van der Waals surface area contributed by atoms with Gasteiger partial charge in [-0.15, -0.1) is 11.3 Å². The molecule has 0 fully saturated rings. The maximum Gasteiger partial charge on any atom is 0.332 e. The number of benzene rings is 2. The van der Waals surface area contributed by atoms with E-state index in [1.54, 1.807) is 11.0 Å². The molecule has 5 rings (SSSR count). The molecule has 0 spiro atoms. The van der Waals surface area contributed by atoms with Crippen LogP contribution >= 0.6 is 22.9 Å². The lowest BCUT2D eigenvalue weighted by Gasteiger charge is -2.25. The van der Waals surface area contributed by atoms with Crippen molar-refractivity contribution in [3.63, 3.8) is 0 Å². The molecular formula is C25H21ClFN3O3S. The first-order valence-electron chi connectivity index (χ1n) is 10.9. The van der Waals surface area contributed by atoms with Crippen molar-refractivity contribution in [1.82, 2.24) is 14.0 Å². The summed E-state index contributed by atoms with van der Waals surface area (Å²) in [5, 5.41) is 0.677. The number of carbonyl (C=O) groups excluding carboxylic acids is 1. The molecule has 0 atom stereocenters. The lowest BCUT2D eigenvalue weighted by atomic mass is 10.1. The topological polar surface area (TPSA) is 64.3 Å². The van der Waals surface area contributed by atoms with Gasteiger partial charge in [-0.1, -0.05) is 48.0 Å². The lowest BCUT2D eigenvalue weighted by Crippen LogP contribution is -2.40. The van der Waals surface area contributed by atoms with Crippen LogP contribution in [0.2, 0.25) is 5.02 Å². The van der Waals surface area contributed by atoms with Crippen LogP contribution < -0.4 is 11.2 Å². The Morgan fingerprint density at radius 3 is 2.53 bits per heavy atom. The van der Waals surface area contributed by atoms with E-state index in [4.69, 9.17) is 11.6 Å². The van der Waals surface area contributed by atoms with E-state index in [0.717, 1.165) is 16.0 Å². The Labute approximate surface area is 203 Å². The van der Waals surface area contributed by atoms with Crippen molar-refractivity contribution in [2.45, 2.75) is 33.0 Å². The predicted molar refractivity (Wildman–Crippen MR) is 131 cm³/mol. The summed E-state index contributed by atoms with van der Waals surface area (Å²) in [7, 11) is 0. The first kappa shape index (κ1) is 22.6. The van der Waals surface area contributed by atoms with Gasteiger partial charge in [0.15, 0.2) is 0 Å². The molecule has 1 aliphatic heterocycles. The minimum absolute atomic E-state index is 0.0416. The van der Waals surface area contributed by atoms with Gasteiger partial charge in [-0.25, -0.2) is 9.18 Å². The minimum Gasteiger partial charge on any atom is -0.337 e. The second-order valence-electron chi connectivity index (χ2n) is 8.32. The van der Waals surface area contributed by atoms with Crippen molar-refractivity contribution >= 4 is 39.1 Å². The molecule has 3 heterocycles. The standard InChI is InChI=1S/C25H21ClFN3O3S/c1-15(31)28-11-10-17-21(14-28)34-24-22(17)23(32)29(12-16-6-3-2-4-7-16)25(33)30(24)13-18-19(26)8-5-9-20(18)27/h2-9H,10-14H2,1H3. The van der Waals surface area contributed by atoms with Gasteiger partial charge >= 0.3 is 5.69 Å². The number of rotatable bonds is 4. The molecule has 174 valence electrons.